The van der Waals surface area contributed by atoms with E-state index in [0.29, 0.717) is 17.3 Å². The van der Waals surface area contributed by atoms with E-state index in [4.69, 9.17) is 4.74 Å². The normalized spacial score (nSPS) is 11.8. The summed E-state index contributed by atoms with van der Waals surface area (Å²) in [5.41, 5.74) is 2.57. The van der Waals surface area contributed by atoms with E-state index in [2.05, 4.69) is 20.3 Å². The van der Waals surface area contributed by atoms with Gasteiger partial charge in [-0.05, 0) is 36.8 Å². The molecule has 6 nitrogen and oxygen atoms in total. The first-order chi connectivity index (χ1) is 11.7. The molecule has 0 bridgehead atoms. The van der Waals surface area contributed by atoms with Crippen LogP contribution >= 0.6 is 0 Å². The van der Waals surface area contributed by atoms with Gasteiger partial charge in [0.25, 0.3) is 0 Å². The molecule has 0 aliphatic rings. The second-order valence-electron chi connectivity index (χ2n) is 5.33. The first-order valence-corrected chi connectivity index (χ1v) is 7.53. The molecule has 0 aliphatic heterocycles. The number of phenolic OH excluding ortho intramolecular Hbond substituents is 1. The van der Waals surface area contributed by atoms with Gasteiger partial charge in [-0.2, -0.15) is 0 Å². The van der Waals surface area contributed by atoms with Crippen LogP contribution in [0, 0.1) is 0 Å². The third-order valence-electron chi connectivity index (χ3n) is 3.66. The van der Waals surface area contributed by atoms with E-state index in [9.17, 15) is 5.11 Å². The minimum atomic E-state index is 0.0533. The van der Waals surface area contributed by atoms with Crippen molar-refractivity contribution < 1.29 is 9.84 Å². The first kappa shape index (κ1) is 15.7. The van der Waals surface area contributed by atoms with E-state index in [0.717, 1.165) is 11.1 Å². The van der Waals surface area contributed by atoms with Crippen LogP contribution < -0.4 is 10.1 Å². The summed E-state index contributed by atoms with van der Waals surface area (Å²) in [7, 11) is 1.51. The lowest BCUT2D eigenvalue weighted by atomic mass is 10.1. The number of hydrogen-bond donors (Lipinski definition) is 2. The third-order valence-corrected chi connectivity index (χ3v) is 3.66. The molecule has 0 saturated carbocycles. The molecular formula is C18H18N4O2. The van der Waals surface area contributed by atoms with Crippen LogP contribution in [0.5, 0.6) is 11.5 Å². The maximum absolute atomic E-state index is 9.70. The van der Waals surface area contributed by atoms with Crippen LogP contribution in [0.25, 0.3) is 11.3 Å². The zero-order chi connectivity index (χ0) is 16.9. The minimum Gasteiger partial charge on any atom is -0.504 e. The Balaban J connectivity index is 1.84. The van der Waals surface area contributed by atoms with Crippen molar-refractivity contribution in [3.63, 3.8) is 0 Å². The predicted octanol–water partition coefficient (Wildman–Crippen LogP) is 3.43. The monoisotopic (exact) mass is 322 g/mol. The molecule has 3 rings (SSSR count). The van der Waals surface area contributed by atoms with Gasteiger partial charge >= 0.3 is 0 Å². The van der Waals surface area contributed by atoms with Crippen LogP contribution in [0.3, 0.4) is 0 Å². The second kappa shape index (κ2) is 6.95. The van der Waals surface area contributed by atoms with Crippen LogP contribution in [-0.2, 0) is 0 Å². The number of benzene rings is 1. The molecule has 6 heteroatoms. The van der Waals surface area contributed by atoms with Crippen molar-refractivity contribution in [2.24, 2.45) is 0 Å². The second-order valence-corrected chi connectivity index (χ2v) is 5.33. The molecule has 1 aromatic carbocycles. The van der Waals surface area contributed by atoms with E-state index in [-0.39, 0.29) is 11.8 Å². The highest BCUT2D eigenvalue weighted by molar-refractivity contribution is 5.64. The van der Waals surface area contributed by atoms with Gasteiger partial charge in [-0.1, -0.05) is 6.07 Å². The Kier molecular flexibility index (Phi) is 4.56. The van der Waals surface area contributed by atoms with Gasteiger partial charge in [-0.25, -0.2) is 4.98 Å². The predicted molar refractivity (Wildman–Crippen MR) is 92.0 cm³/mol. The minimum absolute atomic E-state index is 0.0533. The third kappa shape index (κ3) is 3.43. The van der Waals surface area contributed by atoms with Crippen LogP contribution in [0.2, 0.25) is 0 Å². The molecule has 0 amide bonds. The molecule has 0 aliphatic carbocycles. The fraction of sp³-hybridized carbons (Fsp3) is 0.167. The zero-order valence-electron chi connectivity index (χ0n) is 13.5. The number of hydrogen-bond acceptors (Lipinski definition) is 6. The molecule has 0 radical (unpaired) electrons. The van der Waals surface area contributed by atoms with Gasteiger partial charge in [0, 0.05) is 18.0 Å². The van der Waals surface area contributed by atoms with Crippen LogP contribution in [0.4, 0.5) is 5.82 Å². The molecule has 2 N–H and O–H groups in total. The molecule has 3 aromatic rings. The van der Waals surface area contributed by atoms with Crippen molar-refractivity contribution in [3.05, 3.63) is 60.7 Å². The number of anilines is 1. The summed E-state index contributed by atoms with van der Waals surface area (Å²) in [5, 5.41) is 13.0. The first-order valence-electron chi connectivity index (χ1n) is 7.53. The summed E-state index contributed by atoms with van der Waals surface area (Å²) < 4.78 is 5.14. The quantitative estimate of drug-likeness (QED) is 0.749. The molecule has 24 heavy (non-hydrogen) atoms. The molecule has 0 fully saturated rings. The molecule has 1 atom stereocenters. The Morgan fingerprint density at radius 1 is 1.12 bits per heavy atom. The highest BCUT2D eigenvalue weighted by atomic mass is 16.5. The SMILES string of the molecule is COc1cc(-c2cncc(NC(C)c3cccnc3)n2)ccc1O. The Hall–Kier alpha value is -3.15. The smallest absolute Gasteiger partial charge is 0.161 e. The number of pyridine rings is 1. The van der Waals surface area contributed by atoms with Crippen molar-refractivity contribution in [2.45, 2.75) is 13.0 Å². The van der Waals surface area contributed by atoms with Crippen LogP contribution in [-0.4, -0.2) is 27.2 Å². The number of aromatic hydroxyl groups is 1. The number of nitrogens with one attached hydrogen (secondary N) is 1. The highest BCUT2D eigenvalue weighted by Gasteiger charge is 2.09. The Morgan fingerprint density at radius 3 is 2.75 bits per heavy atom. The van der Waals surface area contributed by atoms with Crippen molar-refractivity contribution in [1.29, 1.82) is 0 Å². The topological polar surface area (TPSA) is 80.2 Å². The summed E-state index contributed by atoms with van der Waals surface area (Å²) in [5.74, 6) is 1.15. The molecule has 2 aromatic heterocycles. The summed E-state index contributed by atoms with van der Waals surface area (Å²) in [6, 6.07) is 9.04. The molecule has 2 heterocycles. The number of phenols is 1. The van der Waals surface area contributed by atoms with E-state index in [1.807, 2.05) is 25.3 Å². The fourth-order valence-electron chi connectivity index (χ4n) is 2.35. The summed E-state index contributed by atoms with van der Waals surface area (Å²) in [6.07, 6.45) is 6.91. The van der Waals surface area contributed by atoms with Gasteiger partial charge in [0.2, 0.25) is 0 Å². The fourth-order valence-corrected chi connectivity index (χ4v) is 2.35. The summed E-state index contributed by atoms with van der Waals surface area (Å²) >= 11 is 0. The summed E-state index contributed by atoms with van der Waals surface area (Å²) in [4.78, 5) is 13.0. The van der Waals surface area contributed by atoms with Crippen molar-refractivity contribution in [3.8, 4) is 22.8 Å². The average Bonchev–Trinajstić information content (AvgIpc) is 2.63. The Bertz CT molecular complexity index is 824. The standard InChI is InChI=1S/C18H18N4O2/c1-12(14-4-3-7-19-9-14)21-18-11-20-10-15(22-18)13-5-6-16(23)17(8-13)24-2/h3-12,23H,1-2H3,(H,21,22). The zero-order valence-corrected chi connectivity index (χ0v) is 13.5. The van der Waals surface area contributed by atoms with E-state index in [1.165, 1.54) is 7.11 Å². The van der Waals surface area contributed by atoms with Crippen molar-refractivity contribution in [2.75, 3.05) is 12.4 Å². The molecule has 1 unspecified atom stereocenters. The van der Waals surface area contributed by atoms with Gasteiger partial charge in [0.1, 0.15) is 5.82 Å². The number of ether oxygens (including phenoxy) is 1. The number of rotatable bonds is 5. The van der Waals surface area contributed by atoms with Crippen LogP contribution in [0.15, 0.2) is 55.1 Å². The van der Waals surface area contributed by atoms with E-state index >= 15 is 0 Å². The maximum Gasteiger partial charge on any atom is 0.161 e. The summed E-state index contributed by atoms with van der Waals surface area (Å²) in [6.45, 7) is 2.04. The number of nitrogens with zero attached hydrogens (tertiary/aromatic N) is 3. The average molecular weight is 322 g/mol. The van der Waals surface area contributed by atoms with E-state index < -0.39 is 0 Å². The lowest BCUT2D eigenvalue weighted by Crippen LogP contribution is -2.08. The highest BCUT2D eigenvalue weighted by Crippen LogP contribution is 2.31. The Labute approximate surface area is 140 Å². The molecular weight excluding hydrogens is 304 g/mol. The number of aromatic nitrogens is 3. The van der Waals surface area contributed by atoms with Crippen LogP contribution in [0.1, 0.15) is 18.5 Å². The molecule has 0 saturated heterocycles. The molecule has 0 spiro atoms. The molecule has 122 valence electrons. The Morgan fingerprint density at radius 2 is 2.00 bits per heavy atom. The largest absolute Gasteiger partial charge is 0.504 e. The van der Waals surface area contributed by atoms with Crippen molar-refractivity contribution in [1.82, 2.24) is 15.0 Å². The van der Waals surface area contributed by atoms with Gasteiger partial charge in [0.15, 0.2) is 11.5 Å². The maximum atomic E-state index is 9.70. The van der Waals surface area contributed by atoms with Gasteiger partial charge in [0.05, 0.1) is 31.2 Å². The lowest BCUT2D eigenvalue weighted by molar-refractivity contribution is 0.373. The number of methoxy groups -OCH3 is 1. The van der Waals surface area contributed by atoms with Crippen molar-refractivity contribution >= 4 is 5.82 Å². The lowest BCUT2D eigenvalue weighted by Gasteiger charge is -2.15. The van der Waals surface area contributed by atoms with E-state index in [1.54, 1.807) is 36.8 Å². The van der Waals surface area contributed by atoms with Gasteiger partial charge < -0.3 is 15.2 Å². The van der Waals surface area contributed by atoms with Gasteiger partial charge in [-0.3, -0.25) is 9.97 Å². The van der Waals surface area contributed by atoms with Gasteiger partial charge in [-0.15, -0.1) is 0 Å².